The van der Waals surface area contributed by atoms with Crippen molar-refractivity contribution in [1.29, 1.82) is 0 Å². The van der Waals surface area contributed by atoms with E-state index in [0.29, 0.717) is 16.8 Å². The van der Waals surface area contributed by atoms with Crippen molar-refractivity contribution in [3.63, 3.8) is 0 Å². The van der Waals surface area contributed by atoms with Crippen LogP contribution < -0.4 is 4.74 Å². The van der Waals surface area contributed by atoms with E-state index in [0.717, 1.165) is 22.0 Å². The molecule has 0 aliphatic heterocycles. The molecule has 2 aromatic heterocycles. The van der Waals surface area contributed by atoms with Crippen LogP contribution >= 0.6 is 11.6 Å². The number of rotatable bonds is 2. The lowest BCUT2D eigenvalue weighted by atomic mass is 10.2. The molecule has 0 aliphatic rings. The summed E-state index contributed by atoms with van der Waals surface area (Å²) in [5.74, 6) is 1.08. The monoisotopic (exact) mass is 285 g/mol. The van der Waals surface area contributed by atoms with E-state index in [9.17, 15) is 0 Å². The van der Waals surface area contributed by atoms with Crippen LogP contribution in [0.5, 0.6) is 11.6 Å². The first-order valence-corrected chi connectivity index (χ1v) is 6.55. The Hall–Kier alpha value is -2.20. The summed E-state index contributed by atoms with van der Waals surface area (Å²) in [4.78, 5) is 4.35. The first kappa shape index (κ1) is 12.8. The summed E-state index contributed by atoms with van der Waals surface area (Å²) < 4.78 is 5.76. The fraction of sp³-hybridized carbons (Fsp3) is 0.133. The van der Waals surface area contributed by atoms with E-state index >= 15 is 0 Å². The number of pyridine rings is 1. The number of fused-ring (bicyclic) bond motifs is 1. The van der Waals surface area contributed by atoms with Gasteiger partial charge in [0, 0.05) is 10.9 Å². The standard InChI is InChI=1S/C15H12ClN3O/c1-9-10(2)15(19-18-14(9)16)20-12-7-11-5-3-4-6-13(11)17-8-12/h3-8H,1-2H3. The number of ether oxygens (including phenoxy) is 1. The average molecular weight is 286 g/mol. The van der Waals surface area contributed by atoms with Crippen molar-refractivity contribution in [3.8, 4) is 11.6 Å². The van der Waals surface area contributed by atoms with Gasteiger partial charge in [-0.05, 0) is 31.5 Å². The Kier molecular flexibility index (Phi) is 3.24. The van der Waals surface area contributed by atoms with E-state index < -0.39 is 0 Å². The summed E-state index contributed by atoms with van der Waals surface area (Å²) in [5, 5.41) is 9.26. The third kappa shape index (κ3) is 2.30. The van der Waals surface area contributed by atoms with Crippen LogP contribution in [0.15, 0.2) is 36.5 Å². The highest BCUT2D eigenvalue weighted by molar-refractivity contribution is 6.30. The highest BCUT2D eigenvalue weighted by Gasteiger charge is 2.10. The van der Waals surface area contributed by atoms with Crippen molar-refractivity contribution in [1.82, 2.24) is 15.2 Å². The molecule has 0 fully saturated rings. The molecule has 0 N–H and O–H groups in total. The Morgan fingerprint density at radius 3 is 2.70 bits per heavy atom. The van der Waals surface area contributed by atoms with Gasteiger partial charge in [-0.1, -0.05) is 29.8 Å². The Bertz CT molecular complexity index is 789. The molecular formula is C15H12ClN3O. The van der Waals surface area contributed by atoms with Crippen LogP contribution in [-0.4, -0.2) is 15.2 Å². The SMILES string of the molecule is Cc1c(Cl)nnc(Oc2cnc3ccccc3c2)c1C. The van der Waals surface area contributed by atoms with Crippen LogP contribution in [0.25, 0.3) is 10.9 Å². The van der Waals surface area contributed by atoms with E-state index in [4.69, 9.17) is 16.3 Å². The van der Waals surface area contributed by atoms with Crippen molar-refractivity contribution < 1.29 is 4.74 Å². The summed E-state index contributed by atoms with van der Waals surface area (Å²) in [5.41, 5.74) is 2.67. The van der Waals surface area contributed by atoms with Gasteiger partial charge in [-0.15, -0.1) is 10.2 Å². The van der Waals surface area contributed by atoms with Gasteiger partial charge >= 0.3 is 0 Å². The van der Waals surface area contributed by atoms with Gasteiger partial charge in [0.25, 0.3) is 0 Å². The van der Waals surface area contributed by atoms with Crippen molar-refractivity contribution in [2.45, 2.75) is 13.8 Å². The lowest BCUT2D eigenvalue weighted by molar-refractivity contribution is 0.449. The largest absolute Gasteiger partial charge is 0.436 e. The van der Waals surface area contributed by atoms with Gasteiger partial charge in [-0.25, -0.2) is 0 Å². The number of aromatic nitrogens is 3. The van der Waals surface area contributed by atoms with E-state index in [1.165, 1.54) is 0 Å². The maximum absolute atomic E-state index is 5.93. The zero-order valence-electron chi connectivity index (χ0n) is 11.1. The van der Waals surface area contributed by atoms with Gasteiger partial charge in [-0.2, -0.15) is 0 Å². The summed E-state index contributed by atoms with van der Waals surface area (Å²) in [6.45, 7) is 3.79. The summed E-state index contributed by atoms with van der Waals surface area (Å²) in [7, 11) is 0. The van der Waals surface area contributed by atoms with Gasteiger partial charge in [0.15, 0.2) is 5.15 Å². The van der Waals surface area contributed by atoms with Crippen molar-refractivity contribution >= 4 is 22.5 Å². The molecule has 0 saturated carbocycles. The minimum atomic E-state index is 0.395. The van der Waals surface area contributed by atoms with Crippen LogP contribution in [0.3, 0.4) is 0 Å². The van der Waals surface area contributed by atoms with E-state index in [1.807, 2.05) is 44.2 Å². The number of hydrogen-bond acceptors (Lipinski definition) is 4. The summed E-state index contributed by atoms with van der Waals surface area (Å²) in [6.07, 6.45) is 1.67. The molecule has 0 bridgehead atoms. The van der Waals surface area contributed by atoms with E-state index in [2.05, 4.69) is 15.2 Å². The molecule has 1 aromatic carbocycles. The molecule has 0 aliphatic carbocycles. The fourth-order valence-corrected chi connectivity index (χ4v) is 2.05. The molecule has 0 saturated heterocycles. The highest BCUT2D eigenvalue weighted by atomic mass is 35.5. The Labute approximate surface area is 121 Å². The predicted octanol–water partition coefficient (Wildman–Crippen LogP) is 4.09. The zero-order valence-corrected chi connectivity index (χ0v) is 11.8. The van der Waals surface area contributed by atoms with Crippen LogP contribution in [0.2, 0.25) is 5.15 Å². The maximum atomic E-state index is 5.93. The van der Waals surface area contributed by atoms with Crippen LogP contribution in [0.1, 0.15) is 11.1 Å². The van der Waals surface area contributed by atoms with Crippen molar-refractivity contribution in [3.05, 3.63) is 52.8 Å². The summed E-state index contributed by atoms with van der Waals surface area (Å²) >= 11 is 5.93. The highest BCUT2D eigenvalue weighted by Crippen LogP contribution is 2.27. The smallest absolute Gasteiger partial charge is 0.242 e. The molecule has 0 amide bonds. The van der Waals surface area contributed by atoms with Crippen molar-refractivity contribution in [2.75, 3.05) is 0 Å². The Morgan fingerprint density at radius 2 is 1.85 bits per heavy atom. The Balaban J connectivity index is 1.99. The van der Waals surface area contributed by atoms with Crippen LogP contribution in [0, 0.1) is 13.8 Å². The number of nitrogens with zero attached hydrogens (tertiary/aromatic N) is 3. The molecule has 0 radical (unpaired) electrons. The molecule has 100 valence electrons. The first-order chi connectivity index (χ1) is 9.65. The second kappa shape index (κ2) is 5.06. The lowest BCUT2D eigenvalue weighted by Gasteiger charge is -2.09. The first-order valence-electron chi connectivity index (χ1n) is 6.17. The molecule has 2 heterocycles. The third-order valence-corrected chi connectivity index (χ3v) is 3.56. The fourth-order valence-electron chi connectivity index (χ4n) is 1.87. The second-order valence-corrected chi connectivity index (χ2v) is 4.87. The predicted molar refractivity (Wildman–Crippen MR) is 78.3 cm³/mol. The average Bonchev–Trinajstić information content (AvgIpc) is 2.48. The lowest BCUT2D eigenvalue weighted by Crippen LogP contribution is -1.98. The van der Waals surface area contributed by atoms with Crippen LogP contribution in [0.4, 0.5) is 0 Å². The van der Waals surface area contributed by atoms with Crippen molar-refractivity contribution in [2.24, 2.45) is 0 Å². The Morgan fingerprint density at radius 1 is 1.05 bits per heavy atom. The minimum absolute atomic E-state index is 0.395. The molecule has 20 heavy (non-hydrogen) atoms. The molecule has 0 spiro atoms. The topological polar surface area (TPSA) is 47.9 Å². The molecule has 5 heteroatoms. The summed E-state index contributed by atoms with van der Waals surface area (Å²) in [6, 6.07) is 9.78. The molecule has 3 aromatic rings. The zero-order chi connectivity index (χ0) is 14.1. The van der Waals surface area contributed by atoms with Gasteiger partial charge in [-0.3, -0.25) is 4.98 Å². The number of benzene rings is 1. The molecular weight excluding hydrogens is 274 g/mol. The van der Waals surface area contributed by atoms with Gasteiger partial charge < -0.3 is 4.74 Å². The number of para-hydroxylation sites is 1. The molecule has 3 rings (SSSR count). The van der Waals surface area contributed by atoms with E-state index in [-0.39, 0.29) is 0 Å². The van der Waals surface area contributed by atoms with Crippen LogP contribution in [-0.2, 0) is 0 Å². The van der Waals surface area contributed by atoms with Gasteiger partial charge in [0.2, 0.25) is 5.88 Å². The number of halogens is 1. The molecule has 0 unspecified atom stereocenters. The normalized spacial score (nSPS) is 10.8. The van der Waals surface area contributed by atoms with Gasteiger partial charge in [0.1, 0.15) is 5.75 Å². The number of hydrogen-bond donors (Lipinski definition) is 0. The van der Waals surface area contributed by atoms with Gasteiger partial charge in [0.05, 0.1) is 11.7 Å². The third-order valence-electron chi connectivity index (χ3n) is 3.20. The maximum Gasteiger partial charge on any atom is 0.242 e. The quantitative estimate of drug-likeness (QED) is 0.711. The van der Waals surface area contributed by atoms with E-state index in [1.54, 1.807) is 6.20 Å². The molecule has 0 atom stereocenters. The second-order valence-electron chi connectivity index (χ2n) is 4.51. The minimum Gasteiger partial charge on any atom is -0.436 e. The molecule has 4 nitrogen and oxygen atoms in total.